The summed E-state index contributed by atoms with van der Waals surface area (Å²) in [6.45, 7) is -0.0721. The predicted octanol–water partition coefficient (Wildman–Crippen LogP) is -2.53. The lowest BCUT2D eigenvalue weighted by atomic mass is 9.92. The number of benzene rings is 1. The number of rotatable bonds is 9. The van der Waals surface area contributed by atoms with E-state index < -0.39 is 72.3 Å². The average Bonchev–Trinajstić information content (AvgIpc) is 3.32. The first-order chi connectivity index (χ1) is 18.0. The number of carboxylic acids is 1. The predicted molar refractivity (Wildman–Crippen MR) is 126 cm³/mol. The summed E-state index contributed by atoms with van der Waals surface area (Å²) >= 11 is 0. The number of carboxylic acid groups (broad SMARTS) is 1. The smallest absolute Gasteiger partial charge is 0.370 e. The monoisotopic (exact) mass is 535 g/mol. The van der Waals surface area contributed by atoms with E-state index in [0.29, 0.717) is 11.3 Å². The number of hydrogen-bond donors (Lipinski definition) is 7. The molecule has 0 spiro atoms. The summed E-state index contributed by atoms with van der Waals surface area (Å²) in [6.07, 6.45) is -2.65. The van der Waals surface area contributed by atoms with Gasteiger partial charge in [-0.05, 0) is 30.3 Å². The van der Waals surface area contributed by atoms with Crippen molar-refractivity contribution in [2.75, 3.05) is 6.61 Å². The van der Waals surface area contributed by atoms with Gasteiger partial charge in [0.25, 0.3) is 0 Å². The minimum Gasteiger partial charge on any atom is -0.478 e. The van der Waals surface area contributed by atoms with Crippen molar-refractivity contribution in [1.29, 1.82) is 0 Å². The van der Waals surface area contributed by atoms with Gasteiger partial charge in [0, 0.05) is 12.5 Å². The van der Waals surface area contributed by atoms with Crippen LogP contribution in [0.4, 0.5) is 4.39 Å². The third-order valence-corrected chi connectivity index (χ3v) is 5.35. The van der Waals surface area contributed by atoms with E-state index in [4.69, 9.17) is 10.5 Å². The molecule has 0 saturated carbocycles. The number of nitrogens with one attached hydrogen (secondary N) is 2. The molecule has 2 heterocycles. The van der Waals surface area contributed by atoms with Crippen molar-refractivity contribution in [1.82, 2.24) is 25.6 Å². The second kappa shape index (κ2) is 12.2. The van der Waals surface area contributed by atoms with Crippen LogP contribution in [0.15, 0.2) is 47.3 Å². The third-order valence-electron chi connectivity index (χ3n) is 5.35. The summed E-state index contributed by atoms with van der Waals surface area (Å²) in [6, 6.07) is 2.99. The Kier molecular flexibility index (Phi) is 9.06. The van der Waals surface area contributed by atoms with Crippen molar-refractivity contribution in [3.05, 3.63) is 48.1 Å². The van der Waals surface area contributed by atoms with Crippen LogP contribution < -0.4 is 16.4 Å². The Balaban J connectivity index is 1.77. The van der Waals surface area contributed by atoms with Gasteiger partial charge in [0.05, 0.1) is 24.9 Å². The summed E-state index contributed by atoms with van der Waals surface area (Å²) in [5.74, 6) is -4.37. The van der Waals surface area contributed by atoms with Crippen molar-refractivity contribution in [2.45, 2.75) is 43.9 Å². The minimum atomic E-state index is -1.82. The second-order valence-electron chi connectivity index (χ2n) is 8.25. The van der Waals surface area contributed by atoms with E-state index in [-0.39, 0.29) is 6.54 Å². The quantitative estimate of drug-likeness (QED) is 0.131. The molecular weight excluding hydrogens is 509 g/mol. The number of nitrogens with zero attached hydrogens (tertiary/aromatic N) is 4. The van der Waals surface area contributed by atoms with Crippen LogP contribution in [0.3, 0.4) is 0 Å². The van der Waals surface area contributed by atoms with Gasteiger partial charge in [0.2, 0.25) is 17.6 Å². The summed E-state index contributed by atoms with van der Waals surface area (Å²) in [5.41, 5.74) is 6.81. The van der Waals surface area contributed by atoms with Gasteiger partial charge in [0.15, 0.2) is 5.96 Å². The van der Waals surface area contributed by atoms with E-state index in [0.717, 1.165) is 13.0 Å². The highest BCUT2D eigenvalue weighted by molar-refractivity contribution is 5.96. The fourth-order valence-electron chi connectivity index (χ4n) is 3.61. The lowest BCUT2D eigenvalue weighted by Gasteiger charge is -2.38. The molecule has 0 bridgehead atoms. The van der Waals surface area contributed by atoms with Gasteiger partial charge in [0.1, 0.15) is 36.4 Å². The van der Waals surface area contributed by atoms with Crippen LogP contribution in [-0.4, -0.2) is 96.2 Å². The molecule has 8 N–H and O–H groups in total. The number of hydrogen-bond acceptors (Lipinski definition) is 10. The van der Waals surface area contributed by atoms with Crippen LogP contribution in [0.1, 0.15) is 6.92 Å². The number of carbonyl (C=O) groups excluding carboxylic acids is 2. The Morgan fingerprint density at radius 3 is 2.55 bits per heavy atom. The van der Waals surface area contributed by atoms with Gasteiger partial charge in [-0.1, -0.05) is 5.21 Å². The molecule has 1 aromatic carbocycles. The molecule has 0 fully saturated rings. The Hall–Kier alpha value is -4.41. The Morgan fingerprint density at radius 2 is 1.95 bits per heavy atom. The zero-order chi connectivity index (χ0) is 28.0. The highest BCUT2D eigenvalue weighted by Crippen LogP contribution is 2.25. The molecule has 0 aliphatic carbocycles. The number of nitrogens with two attached hydrogens (primary N) is 1. The standard InChI is InChI=1S/C22H26FN7O8/c1-10(32)25-18-13(6-16(21(36)37)38-20(18)19(35)15(33)9-31)26-22(24)27-17(34)8-30-7-14(28-29-30)11-2-4-12(23)5-3-11/h2-7,13,15,18-20,31,33,35H,8-9H2,1H3,(H,25,32)(H,36,37)(H3,24,26,27,34)/t13-,15+,18+,19+,20+/m0/s1. The number of carbonyl (C=O) groups is 3. The molecular formula is C22H26FN7O8. The average molecular weight is 535 g/mol. The van der Waals surface area contributed by atoms with E-state index in [1.165, 1.54) is 35.1 Å². The van der Waals surface area contributed by atoms with Gasteiger partial charge in [-0.15, -0.1) is 5.10 Å². The van der Waals surface area contributed by atoms with Crippen LogP contribution in [0.5, 0.6) is 0 Å². The number of aliphatic carboxylic acids is 1. The molecule has 2 amide bonds. The van der Waals surface area contributed by atoms with E-state index in [1.807, 2.05) is 0 Å². The molecule has 1 aliphatic rings. The molecule has 3 rings (SSSR count). The number of aromatic nitrogens is 3. The molecule has 5 atom stereocenters. The fourth-order valence-corrected chi connectivity index (χ4v) is 3.61. The lowest BCUT2D eigenvalue weighted by Crippen LogP contribution is -2.60. The molecule has 16 heteroatoms. The van der Waals surface area contributed by atoms with Crippen molar-refractivity contribution in [2.24, 2.45) is 10.7 Å². The number of halogens is 1. The molecule has 1 aliphatic heterocycles. The van der Waals surface area contributed by atoms with E-state index in [9.17, 15) is 39.2 Å². The van der Waals surface area contributed by atoms with Crippen LogP contribution in [0.25, 0.3) is 11.3 Å². The third kappa shape index (κ3) is 7.09. The zero-order valence-corrected chi connectivity index (χ0v) is 19.9. The molecule has 0 saturated heterocycles. The maximum Gasteiger partial charge on any atom is 0.370 e. The van der Waals surface area contributed by atoms with Gasteiger partial charge >= 0.3 is 5.97 Å². The number of ether oxygens (including phenoxy) is 1. The largest absolute Gasteiger partial charge is 0.478 e. The molecule has 204 valence electrons. The number of aliphatic imine (C=N–C) groups is 1. The number of aliphatic hydroxyl groups excluding tert-OH is 3. The molecule has 0 unspecified atom stereocenters. The van der Waals surface area contributed by atoms with Gasteiger partial charge in [-0.2, -0.15) is 0 Å². The van der Waals surface area contributed by atoms with E-state index >= 15 is 0 Å². The van der Waals surface area contributed by atoms with Crippen LogP contribution >= 0.6 is 0 Å². The number of aliphatic hydroxyl groups is 3. The Labute approximate surface area is 214 Å². The van der Waals surface area contributed by atoms with E-state index in [2.05, 4.69) is 25.9 Å². The van der Waals surface area contributed by atoms with Crippen LogP contribution in [-0.2, 0) is 25.7 Å². The maximum atomic E-state index is 13.1. The maximum absolute atomic E-state index is 13.1. The van der Waals surface area contributed by atoms with Gasteiger partial charge in [-0.25, -0.2) is 18.9 Å². The highest BCUT2D eigenvalue weighted by atomic mass is 19.1. The normalized spacial score (nSPS) is 21.0. The van der Waals surface area contributed by atoms with Gasteiger partial charge in [-0.3, -0.25) is 14.9 Å². The van der Waals surface area contributed by atoms with Crippen molar-refractivity contribution >= 4 is 23.7 Å². The summed E-state index contributed by atoms with van der Waals surface area (Å²) in [5, 5.41) is 51.3. The highest BCUT2D eigenvalue weighted by Gasteiger charge is 2.43. The van der Waals surface area contributed by atoms with Gasteiger partial charge < -0.3 is 36.2 Å². The summed E-state index contributed by atoms with van der Waals surface area (Å²) in [7, 11) is 0. The second-order valence-corrected chi connectivity index (χ2v) is 8.25. The van der Waals surface area contributed by atoms with Crippen molar-refractivity contribution in [3.63, 3.8) is 0 Å². The van der Waals surface area contributed by atoms with Crippen LogP contribution in [0, 0.1) is 5.82 Å². The Morgan fingerprint density at radius 1 is 1.26 bits per heavy atom. The first kappa shape index (κ1) is 28.2. The molecule has 1 aromatic heterocycles. The number of guanidine groups is 1. The topological polar surface area (TPSA) is 235 Å². The zero-order valence-electron chi connectivity index (χ0n) is 19.9. The SMILES string of the molecule is CC(=O)N[C@H]1[C@H]([C@H](O)[C@H](O)CO)OC(C(=O)O)=C[C@@H]1N=C(N)NC(=O)Cn1cc(-c2ccc(F)cc2)nn1. The molecule has 15 nitrogen and oxygen atoms in total. The molecule has 38 heavy (non-hydrogen) atoms. The summed E-state index contributed by atoms with van der Waals surface area (Å²) in [4.78, 5) is 39.9. The fraction of sp³-hybridized carbons (Fsp3) is 0.364. The first-order valence-corrected chi connectivity index (χ1v) is 11.1. The van der Waals surface area contributed by atoms with E-state index in [1.54, 1.807) is 0 Å². The molecule has 2 aromatic rings. The first-order valence-electron chi connectivity index (χ1n) is 11.1. The minimum absolute atomic E-state index is 0.340. The van der Waals surface area contributed by atoms with Crippen LogP contribution in [0.2, 0.25) is 0 Å². The molecule has 0 radical (unpaired) electrons. The Bertz CT molecular complexity index is 1230. The number of amides is 2. The lowest BCUT2D eigenvalue weighted by molar-refractivity contribution is -0.145. The summed E-state index contributed by atoms with van der Waals surface area (Å²) < 4.78 is 19.6. The van der Waals surface area contributed by atoms with Crippen molar-refractivity contribution in [3.8, 4) is 11.3 Å². The van der Waals surface area contributed by atoms with Crippen molar-refractivity contribution < 1.29 is 43.9 Å².